The lowest BCUT2D eigenvalue weighted by atomic mass is 9.88. The maximum atomic E-state index is 11.1. The van der Waals surface area contributed by atoms with Crippen LogP contribution in [0.5, 0.6) is 0 Å². The van der Waals surface area contributed by atoms with Crippen LogP contribution in [0, 0.1) is 17.8 Å². The fraction of sp³-hybridized carbons (Fsp3) is 0.844. The van der Waals surface area contributed by atoms with Crippen LogP contribution in [0.4, 0.5) is 0 Å². The van der Waals surface area contributed by atoms with Gasteiger partial charge < -0.3 is 33.9 Å². The maximum Gasteiger partial charge on any atom is 0.303 e. The summed E-state index contributed by atoms with van der Waals surface area (Å²) in [6.45, 7) is 4.49. The van der Waals surface area contributed by atoms with E-state index in [-0.39, 0.29) is 43.0 Å². The molecule has 8 nitrogen and oxygen atoms in total. The lowest BCUT2D eigenvalue weighted by Gasteiger charge is -2.31. The Morgan fingerprint density at radius 3 is 2.45 bits per heavy atom. The fourth-order valence-corrected chi connectivity index (χ4v) is 6.06. The van der Waals surface area contributed by atoms with Gasteiger partial charge in [0.15, 0.2) is 12.6 Å². The Bertz CT molecular complexity index is 743. The third-order valence-corrected chi connectivity index (χ3v) is 8.48. The van der Waals surface area contributed by atoms with Crippen LogP contribution in [-0.2, 0) is 28.5 Å². The minimum absolute atomic E-state index is 0.0177. The smallest absolute Gasteiger partial charge is 0.303 e. The molecule has 8 heteroatoms. The van der Waals surface area contributed by atoms with Crippen molar-refractivity contribution in [2.24, 2.45) is 17.8 Å². The third-order valence-electron chi connectivity index (χ3n) is 8.48. The number of unbranched alkanes of at least 4 members (excludes halogenated alkanes) is 2. The van der Waals surface area contributed by atoms with Crippen molar-refractivity contribution >= 4 is 5.97 Å². The second kappa shape index (κ2) is 19.0. The van der Waals surface area contributed by atoms with E-state index >= 15 is 0 Å². The van der Waals surface area contributed by atoms with Crippen LogP contribution in [0.3, 0.4) is 0 Å². The zero-order chi connectivity index (χ0) is 28.6. The molecule has 3 fully saturated rings. The van der Waals surface area contributed by atoms with E-state index in [1.807, 2.05) is 6.08 Å². The zero-order valence-electron chi connectivity index (χ0n) is 24.8. The molecule has 2 N–H and O–H groups in total. The minimum Gasteiger partial charge on any atom is -0.481 e. The van der Waals surface area contributed by atoms with Gasteiger partial charge in [-0.05, 0) is 82.5 Å². The Hall–Kier alpha value is -1.29. The summed E-state index contributed by atoms with van der Waals surface area (Å²) < 4.78 is 30.1. The molecule has 0 radical (unpaired) electrons. The van der Waals surface area contributed by atoms with Crippen LogP contribution in [0.1, 0.15) is 96.8 Å². The predicted molar refractivity (Wildman–Crippen MR) is 154 cm³/mol. The minimum atomic E-state index is -0.766. The number of carboxylic acid groups (broad SMARTS) is 1. The molecule has 2 saturated heterocycles. The van der Waals surface area contributed by atoms with E-state index in [2.05, 4.69) is 25.2 Å². The molecule has 0 spiro atoms. The van der Waals surface area contributed by atoms with Gasteiger partial charge >= 0.3 is 5.97 Å². The SMILES string of the molecule is COCCCCC(C)[C@@H](/C=C/[C@@H]1[C@@H](C/C=C\CCCC(=O)O)[C@@H](O)C[C@H]1OC1CCCCO1)OC1CCCCO1. The van der Waals surface area contributed by atoms with Gasteiger partial charge in [0.05, 0.1) is 18.3 Å². The van der Waals surface area contributed by atoms with E-state index in [1.54, 1.807) is 7.11 Å². The van der Waals surface area contributed by atoms with E-state index in [1.165, 1.54) is 0 Å². The number of rotatable bonds is 18. The van der Waals surface area contributed by atoms with Crippen LogP contribution in [0.25, 0.3) is 0 Å². The number of allylic oxidation sites excluding steroid dienone is 2. The Labute approximate surface area is 241 Å². The van der Waals surface area contributed by atoms with Crippen LogP contribution < -0.4 is 0 Å². The second-order valence-corrected chi connectivity index (χ2v) is 11.8. The summed E-state index contributed by atoms with van der Waals surface area (Å²) >= 11 is 0. The van der Waals surface area contributed by atoms with Gasteiger partial charge in [0, 0.05) is 45.7 Å². The first-order chi connectivity index (χ1) is 19.5. The summed E-state index contributed by atoms with van der Waals surface area (Å²) in [5.41, 5.74) is 0. The molecule has 0 aromatic rings. The highest BCUT2D eigenvalue weighted by molar-refractivity contribution is 5.66. The van der Waals surface area contributed by atoms with E-state index in [9.17, 15) is 9.90 Å². The van der Waals surface area contributed by atoms with Gasteiger partial charge in [-0.3, -0.25) is 4.79 Å². The van der Waals surface area contributed by atoms with Crippen LogP contribution in [0.15, 0.2) is 24.3 Å². The molecular formula is C32H54O8. The number of hydrogen-bond acceptors (Lipinski definition) is 7. The monoisotopic (exact) mass is 566 g/mol. The number of aliphatic hydroxyl groups excluding tert-OH is 1. The molecule has 3 aliphatic rings. The lowest BCUT2D eigenvalue weighted by molar-refractivity contribution is -0.193. The third kappa shape index (κ3) is 11.9. The van der Waals surface area contributed by atoms with Crippen molar-refractivity contribution in [3.63, 3.8) is 0 Å². The molecule has 230 valence electrons. The van der Waals surface area contributed by atoms with Crippen molar-refractivity contribution in [2.45, 2.75) is 128 Å². The molecular weight excluding hydrogens is 512 g/mol. The molecule has 0 aromatic carbocycles. The van der Waals surface area contributed by atoms with E-state index in [0.717, 1.165) is 90.4 Å². The molecule has 2 heterocycles. The highest BCUT2D eigenvalue weighted by Gasteiger charge is 2.42. The Kier molecular flexibility index (Phi) is 15.8. The van der Waals surface area contributed by atoms with Crippen molar-refractivity contribution in [3.05, 3.63) is 24.3 Å². The highest BCUT2D eigenvalue weighted by Crippen LogP contribution is 2.40. The Morgan fingerprint density at radius 2 is 1.77 bits per heavy atom. The van der Waals surface area contributed by atoms with Crippen LogP contribution in [-0.4, -0.2) is 74.0 Å². The maximum absolute atomic E-state index is 11.1. The van der Waals surface area contributed by atoms with Crippen molar-refractivity contribution in [3.8, 4) is 0 Å². The fourth-order valence-electron chi connectivity index (χ4n) is 6.06. The average Bonchev–Trinajstić information content (AvgIpc) is 3.24. The molecule has 1 aliphatic carbocycles. The van der Waals surface area contributed by atoms with E-state index in [0.29, 0.717) is 18.8 Å². The first kappa shape index (κ1) is 33.2. The molecule has 3 unspecified atom stereocenters. The second-order valence-electron chi connectivity index (χ2n) is 11.8. The van der Waals surface area contributed by atoms with E-state index in [4.69, 9.17) is 28.8 Å². The van der Waals surface area contributed by atoms with Gasteiger partial charge in [-0.2, -0.15) is 0 Å². The number of hydrogen-bond donors (Lipinski definition) is 2. The van der Waals surface area contributed by atoms with Crippen molar-refractivity contribution in [2.75, 3.05) is 26.9 Å². The van der Waals surface area contributed by atoms with Crippen molar-refractivity contribution < 1.29 is 38.7 Å². The highest BCUT2D eigenvalue weighted by atomic mass is 16.7. The molecule has 0 bridgehead atoms. The van der Waals surface area contributed by atoms with Gasteiger partial charge in [0.1, 0.15) is 0 Å². The van der Waals surface area contributed by atoms with Crippen molar-refractivity contribution in [1.29, 1.82) is 0 Å². The standard InChI is InChI=1S/C32H54O8/c1-24(13-7-10-20-36-2)28(39-31-16-8-11-21-37-31)19-18-26-25(14-5-3-4-6-15-30(34)35)27(33)23-29(26)40-32-17-9-12-22-38-32/h3,5,18-19,24-29,31-33H,4,6-17,20-23H2,1-2H3,(H,34,35)/b5-3-,19-18+/t24?,25-,26-,27+,28-,29-,31?,32?/m1/s1. The van der Waals surface area contributed by atoms with Gasteiger partial charge in [-0.1, -0.05) is 37.6 Å². The average molecular weight is 567 g/mol. The van der Waals surface area contributed by atoms with Gasteiger partial charge in [0.2, 0.25) is 0 Å². The number of ether oxygens (including phenoxy) is 5. The largest absolute Gasteiger partial charge is 0.481 e. The van der Waals surface area contributed by atoms with Gasteiger partial charge in [-0.25, -0.2) is 0 Å². The van der Waals surface area contributed by atoms with Gasteiger partial charge in [0.25, 0.3) is 0 Å². The number of carbonyl (C=O) groups is 1. The first-order valence-corrected chi connectivity index (χ1v) is 15.7. The Morgan fingerprint density at radius 1 is 1.02 bits per heavy atom. The molecule has 8 atom stereocenters. The number of methoxy groups -OCH3 is 1. The molecule has 0 aromatic heterocycles. The zero-order valence-corrected chi connectivity index (χ0v) is 24.8. The van der Waals surface area contributed by atoms with E-state index < -0.39 is 12.1 Å². The van der Waals surface area contributed by atoms with Crippen LogP contribution in [0.2, 0.25) is 0 Å². The summed E-state index contributed by atoms with van der Waals surface area (Å²) in [5, 5.41) is 20.0. The topological polar surface area (TPSA) is 104 Å². The summed E-state index contributed by atoms with van der Waals surface area (Å²) in [7, 11) is 1.74. The number of aliphatic carboxylic acids is 1. The van der Waals surface area contributed by atoms with Gasteiger partial charge in [-0.15, -0.1) is 0 Å². The summed E-state index contributed by atoms with van der Waals surface area (Å²) in [5.74, 6) is -0.399. The molecule has 40 heavy (non-hydrogen) atoms. The lowest BCUT2D eigenvalue weighted by Crippen LogP contribution is -2.32. The van der Waals surface area contributed by atoms with Crippen molar-refractivity contribution in [1.82, 2.24) is 0 Å². The molecule has 3 rings (SSSR count). The quantitative estimate of drug-likeness (QED) is 0.153. The number of carboxylic acids is 1. The Balaban J connectivity index is 1.70. The predicted octanol–water partition coefficient (Wildman–Crippen LogP) is 6.02. The summed E-state index contributed by atoms with van der Waals surface area (Å²) in [6, 6.07) is 0. The number of aliphatic hydroxyl groups is 1. The first-order valence-electron chi connectivity index (χ1n) is 15.7. The summed E-state index contributed by atoms with van der Waals surface area (Å²) in [4.78, 5) is 10.8. The van der Waals surface area contributed by atoms with Crippen LogP contribution >= 0.6 is 0 Å². The molecule has 2 aliphatic heterocycles. The normalized spacial score (nSPS) is 31.2. The summed E-state index contributed by atoms with van der Waals surface area (Å²) in [6.07, 6.45) is 19.7. The molecule has 1 saturated carbocycles. The molecule has 0 amide bonds.